The van der Waals surface area contributed by atoms with Crippen LogP contribution in [0.15, 0.2) is 18.2 Å². The van der Waals surface area contributed by atoms with Crippen LogP contribution in [0.2, 0.25) is 5.02 Å². The summed E-state index contributed by atoms with van der Waals surface area (Å²) in [5.41, 5.74) is 1.55. The number of thiocarbonyl (C=S) groups is 1. The molecular weight excluding hydrogens is 300 g/mol. The highest BCUT2D eigenvalue weighted by Gasteiger charge is 2.09. The summed E-state index contributed by atoms with van der Waals surface area (Å²) < 4.78 is 4.45. The quantitative estimate of drug-likeness (QED) is 0.660. The fourth-order valence-corrected chi connectivity index (χ4v) is 1.80. The fourth-order valence-electron chi connectivity index (χ4n) is 1.40. The molecule has 1 aromatic rings. The zero-order valence-electron chi connectivity index (χ0n) is 11.2. The molecule has 1 rings (SSSR count). The molecule has 0 atom stereocenters. The van der Waals surface area contributed by atoms with E-state index >= 15 is 0 Å². The second kappa shape index (κ2) is 7.81. The molecule has 0 aliphatic carbocycles. The molecule has 0 aliphatic rings. The molecule has 108 valence electrons. The fraction of sp³-hybridized carbons (Fsp3) is 0.308. The Kier molecular flexibility index (Phi) is 6.41. The number of carbonyl (C=O) groups excluding carboxylic acids is 2. The second-order valence-electron chi connectivity index (χ2n) is 3.99. The molecule has 0 fully saturated rings. The lowest BCUT2D eigenvalue weighted by molar-refractivity contribution is -0.142. The van der Waals surface area contributed by atoms with Gasteiger partial charge in [0.25, 0.3) is 0 Å². The molecule has 1 amide bonds. The summed E-state index contributed by atoms with van der Waals surface area (Å²) in [6, 6.07) is 5.34. The first-order chi connectivity index (χ1) is 9.43. The molecule has 0 bridgehead atoms. The summed E-state index contributed by atoms with van der Waals surface area (Å²) in [4.78, 5) is 22.5. The molecule has 20 heavy (non-hydrogen) atoms. The number of esters is 1. The number of hydrogen-bond donors (Lipinski definition) is 2. The third kappa shape index (κ3) is 5.14. The normalized spacial score (nSPS) is 9.75. The van der Waals surface area contributed by atoms with E-state index in [1.165, 1.54) is 7.11 Å². The van der Waals surface area contributed by atoms with Gasteiger partial charge in [-0.3, -0.25) is 9.59 Å². The lowest BCUT2D eigenvalue weighted by Gasteiger charge is -2.12. The largest absolute Gasteiger partial charge is 0.469 e. The molecule has 1 aromatic carbocycles. The van der Waals surface area contributed by atoms with Crippen molar-refractivity contribution < 1.29 is 14.3 Å². The van der Waals surface area contributed by atoms with E-state index in [2.05, 4.69) is 15.4 Å². The summed E-state index contributed by atoms with van der Waals surface area (Å²) in [5.74, 6) is -0.794. The number of benzene rings is 1. The van der Waals surface area contributed by atoms with Crippen LogP contribution in [-0.4, -0.2) is 24.1 Å². The van der Waals surface area contributed by atoms with Gasteiger partial charge in [-0.15, -0.1) is 0 Å². The molecule has 2 N–H and O–H groups in total. The van der Waals surface area contributed by atoms with Gasteiger partial charge in [-0.25, -0.2) is 0 Å². The maximum absolute atomic E-state index is 11.5. The van der Waals surface area contributed by atoms with Gasteiger partial charge in [-0.1, -0.05) is 17.7 Å². The lowest BCUT2D eigenvalue weighted by atomic mass is 10.2. The zero-order valence-corrected chi connectivity index (χ0v) is 12.7. The smallest absolute Gasteiger partial charge is 0.306 e. The Morgan fingerprint density at radius 3 is 2.70 bits per heavy atom. The van der Waals surface area contributed by atoms with Crippen molar-refractivity contribution in [2.75, 3.05) is 12.4 Å². The van der Waals surface area contributed by atoms with Crippen molar-refractivity contribution in [3.05, 3.63) is 28.8 Å². The second-order valence-corrected chi connectivity index (χ2v) is 4.81. The van der Waals surface area contributed by atoms with Gasteiger partial charge in [0, 0.05) is 17.1 Å². The number of nitrogens with one attached hydrogen (secondary N) is 2. The molecule has 0 aliphatic heterocycles. The Labute approximate surface area is 127 Å². The highest BCUT2D eigenvalue weighted by molar-refractivity contribution is 7.80. The minimum absolute atomic E-state index is 0.0150. The van der Waals surface area contributed by atoms with Crippen LogP contribution < -0.4 is 10.6 Å². The number of anilines is 1. The van der Waals surface area contributed by atoms with Crippen LogP contribution in [0.5, 0.6) is 0 Å². The molecule has 5 nitrogen and oxygen atoms in total. The van der Waals surface area contributed by atoms with Gasteiger partial charge in [0.05, 0.1) is 13.5 Å². The van der Waals surface area contributed by atoms with E-state index < -0.39 is 5.97 Å². The topological polar surface area (TPSA) is 67.4 Å². The van der Waals surface area contributed by atoms with Crippen molar-refractivity contribution in [3.8, 4) is 0 Å². The molecule has 0 aromatic heterocycles. The Bertz CT molecular complexity index is 534. The molecule has 0 radical (unpaired) electrons. The van der Waals surface area contributed by atoms with Crippen molar-refractivity contribution in [1.82, 2.24) is 5.32 Å². The highest BCUT2D eigenvalue weighted by atomic mass is 35.5. The van der Waals surface area contributed by atoms with Gasteiger partial charge in [0.15, 0.2) is 5.11 Å². The number of hydrogen-bond acceptors (Lipinski definition) is 4. The molecular formula is C13H15ClN2O3S. The van der Waals surface area contributed by atoms with Gasteiger partial charge >= 0.3 is 5.97 Å². The maximum atomic E-state index is 11.5. The average Bonchev–Trinajstić information content (AvgIpc) is 2.41. The number of methoxy groups -OCH3 is 1. The van der Waals surface area contributed by atoms with E-state index in [1.807, 2.05) is 6.92 Å². The standard InChI is InChI=1S/C13H15ClN2O3S/c1-8-9(14)4-3-5-10(8)15-13(20)16-11(17)6-7-12(18)19-2/h3-5H,6-7H2,1-2H3,(H2,15,16,17,20). The predicted molar refractivity (Wildman–Crippen MR) is 81.8 cm³/mol. The molecule has 7 heteroatoms. The average molecular weight is 315 g/mol. The predicted octanol–water partition coefficient (Wildman–Crippen LogP) is 2.41. The van der Waals surface area contributed by atoms with Crippen LogP contribution in [0.4, 0.5) is 5.69 Å². The third-order valence-corrected chi connectivity index (χ3v) is 3.17. The molecule has 0 heterocycles. The number of ether oxygens (including phenoxy) is 1. The first-order valence-electron chi connectivity index (χ1n) is 5.86. The monoisotopic (exact) mass is 314 g/mol. The van der Waals surface area contributed by atoms with Crippen LogP contribution in [0, 0.1) is 6.92 Å². The number of rotatable bonds is 4. The zero-order chi connectivity index (χ0) is 15.1. The van der Waals surface area contributed by atoms with Crippen molar-refractivity contribution in [1.29, 1.82) is 0 Å². The number of carbonyl (C=O) groups is 2. The van der Waals surface area contributed by atoms with Crippen LogP contribution >= 0.6 is 23.8 Å². The van der Waals surface area contributed by atoms with Crippen molar-refractivity contribution >= 4 is 46.5 Å². The Balaban J connectivity index is 2.49. The lowest BCUT2D eigenvalue weighted by Crippen LogP contribution is -2.34. The van der Waals surface area contributed by atoms with E-state index in [0.29, 0.717) is 5.02 Å². The summed E-state index contributed by atoms with van der Waals surface area (Å²) in [6.45, 7) is 1.84. The molecule has 0 spiro atoms. The minimum Gasteiger partial charge on any atom is -0.469 e. The first kappa shape index (κ1) is 16.4. The van der Waals surface area contributed by atoms with Crippen LogP contribution in [0.3, 0.4) is 0 Å². The van der Waals surface area contributed by atoms with Gasteiger partial charge in [0.2, 0.25) is 5.91 Å². The molecule has 0 unspecified atom stereocenters. The Hall–Kier alpha value is -1.66. The van der Waals surface area contributed by atoms with E-state index in [0.717, 1.165) is 11.3 Å². The summed E-state index contributed by atoms with van der Waals surface area (Å²) in [6.07, 6.45) is 0.0319. The third-order valence-electron chi connectivity index (χ3n) is 2.55. The Morgan fingerprint density at radius 2 is 2.05 bits per heavy atom. The van der Waals surface area contributed by atoms with Crippen LogP contribution in [0.25, 0.3) is 0 Å². The van der Waals surface area contributed by atoms with Crippen molar-refractivity contribution in [2.45, 2.75) is 19.8 Å². The number of amides is 1. The molecule has 0 saturated heterocycles. The van der Waals surface area contributed by atoms with Crippen molar-refractivity contribution in [2.24, 2.45) is 0 Å². The van der Waals surface area contributed by atoms with Crippen molar-refractivity contribution in [3.63, 3.8) is 0 Å². The summed E-state index contributed by atoms with van der Waals surface area (Å²) >= 11 is 11.0. The van der Waals surface area contributed by atoms with Crippen LogP contribution in [0.1, 0.15) is 18.4 Å². The minimum atomic E-state index is -0.440. The summed E-state index contributed by atoms with van der Waals surface area (Å²) in [7, 11) is 1.27. The summed E-state index contributed by atoms with van der Waals surface area (Å²) in [5, 5.41) is 6.13. The van der Waals surface area contributed by atoms with E-state index in [4.69, 9.17) is 23.8 Å². The van der Waals surface area contributed by atoms with E-state index in [-0.39, 0.29) is 23.9 Å². The first-order valence-corrected chi connectivity index (χ1v) is 6.65. The van der Waals surface area contributed by atoms with Gasteiger partial charge in [0.1, 0.15) is 0 Å². The van der Waals surface area contributed by atoms with Crippen LogP contribution in [-0.2, 0) is 14.3 Å². The van der Waals surface area contributed by atoms with Gasteiger partial charge in [-0.05, 0) is 36.8 Å². The van der Waals surface area contributed by atoms with Gasteiger partial charge < -0.3 is 15.4 Å². The highest BCUT2D eigenvalue weighted by Crippen LogP contribution is 2.22. The van der Waals surface area contributed by atoms with E-state index in [1.54, 1.807) is 18.2 Å². The molecule has 0 saturated carbocycles. The van der Waals surface area contributed by atoms with Gasteiger partial charge in [-0.2, -0.15) is 0 Å². The Morgan fingerprint density at radius 1 is 1.35 bits per heavy atom. The SMILES string of the molecule is COC(=O)CCC(=O)NC(=S)Nc1cccc(Cl)c1C. The maximum Gasteiger partial charge on any atom is 0.306 e. The van der Waals surface area contributed by atoms with E-state index in [9.17, 15) is 9.59 Å². The number of halogens is 1.